The number of fused-ring (bicyclic) bond motifs is 1. The topological polar surface area (TPSA) is 12.0 Å². The van der Waals surface area contributed by atoms with Gasteiger partial charge in [-0.25, -0.2) is 0 Å². The second-order valence-electron chi connectivity index (χ2n) is 6.32. The number of aryl methyl sites for hydroxylation is 2. The van der Waals surface area contributed by atoms with Crippen molar-refractivity contribution < 1.29 is 0 Å². The molecule has 2 aromatic rings. The third-order valence-corrected chi connectivity index (χ3v) is 4.81. The van der Waals surface area contributed by atoms with Crippen LogP contribution < -0.4 is 5.32 Å². The van der Waals surface area contributed by atoms with Crippen LogP contribution in [0.3, 0.4) is 0 Å². The Labute approximate surface area is 121 Å². The number of rotatable bonds is 3. The molecule has 0 amide bonds. The Bertz CT molecular complexity index is 617. The van der Waals surface area contributed by atoms with Crippen LogP contribution in [-0.4, -0.2) is 6.04 Å². The summed E-state index contributed by atoms with van der Waals surface area (Å²) in [5.41, 5.74) is 5.97. The second-order valence-corrected chi connectivity index (χ2v) is 6.32. The van der Waals surface area contributed by atoms with Crippen LogP contribution in [0.2, 0.25) is 0 Å². The SMILES string of the molecule is Cc1ccc2c(c1)C(NC1CC1c1ccccc1)CC2. The van der Waals surface area contributed by atoms with Gasteiger partial charge in [0, 0.05) is 18.0 Å². The van der Waals surface area contributed by atoms with E-state index in [1.165, 1.54) is 30.4 Å². The fourth-order valence-electron chi connectivity index (χ4n) is 3.60. The molecule has 2 aliphatic carbocycles. The van der Waals surface area contributed by atoms with Crippen LogP contribution in [-0.2, 0) is 6.42 Å². The summed E-state index contributed by atoms with van der Waals surface area (Å²) in [4.78, 5) is 0. The van der Waals surface area contributed by atoms with E-state index in [4.69, 9.17) is 0 Å². The lowest BCUT2D eigenvalue weighted by Crippen LogP contribution is -2.22. The summed E-state index contributed by atoms with van der Waals surface area (Å²) in [6, 6.07) is 19.1. The summed E-state index contributed by atoms with van der Waals surface area (Å²) in [6.07, 6.45) is 3.79. The largest absolute Gasteiger partial charge is 0.307 e. The molecule has 0 radical (unpaired) electrons. The highest BCUT2D eigenvalue weighted by Crippen LogP contribution is 2.43. The van der Waals surface area contributed by atoms with Crippen LogP contribution in [0.1, 0.15) is 47.1 Å². The highest BCUT2D eigenvalue weighted by atomic mass is 15.0. The zero-order chi connectivity index (χ0) is 13.5. The fraction of sp³-hybridized carbons (Fsp3) is 0.368. The zero-order valence-corrected chi connectivity index (χ0v) is 12.0. The van der Waals surface area contributed by atoms with E-state index < -0.39 is 0 Å². The highest BCUT2D eigenvalue weighted by Gasteiger charge is 2.40. The van der Waals surface area contributed by atoms with Crippen LogP contribution in [0.4, 0.5) is 0 Å². The van der Waals surface area contributed by atoms with Crippen molar-refractivity contribution in [2.45, 2.75) is 44.2 Å². The van der Waals surface area contributed by atoms with Gasteiger partial charge in [0.25, 0.3) is 0 Å². The Morgan fingerprint density at radius 3 is 2.75 bits per heavy atom. The van der Waals surface area contributed by atoms with E-state index in [-0.39, 0.29) is 0 Å². The molecule has 1 fully saturated rings. The molecule has 1 N–H and O–H groups in total. The number of nitrogens with one attached hydrogen (secondary N) is 1. The summed E-state index contributed by atoms with van der Waals surface area (Å²) in [5.74, 6) is 0.727. The van der Waals surface area contributed by atoms with Crippen LogP contribution >= 0.6 is 0 Å². The molecule has 4 rings (SSSR count). The molecule has 1 heteroatoms. The second kappa shape index (κ2) is 4.75. The minimum absolute atomic E-state index is 0.573. The summed E-state index contributed by atoms with van der Waals surface area (Å²) in [5, 5.41) is 3.88. The van der Waals surface area contributed by atoms with Gasteiger partial charge in [0.2, 0.25) is 0 Å². The molecule has 0 spiro atoms. The van der Waals surface area contributed by atoms with E-state index in [1.54, 1.807) is 11.1 Å². The summed E-state index contributed by atoms with van der Waals surface area (Å²) in [7, 11) is 0. The first-order valence-corrected chi connectivity index (χ1v) is 7.72. The van der Waals surface area contributed by atoms with Crippen molar-refractivity contribution >= 4 is 0 Å². The van der Waals surface area contributed by atoms with Crippen molar-refractivity contribution in [3.8, 4) is 0 Å². The minimum Gasteiger partial charge on any atom is -0.307 e. The molecule has 3 atom stereocenters. The van der Waals surface area contributed by atoms with Crippen molar-refractivity contribution in [2.24, 2.45) is 0 Å². The Balaban J connectivity index is 1.47. The van der Waals surface area contributed by atoms with Crippen molar-refractivity contribution in [3.63, 3.8) is 0 Å². The minimum atomic E-state index is 0.573. The standard InChI is InChI=1S/C19H21N/c1-13-7-8-15-9-10-18(16(15)11-13)20-19-12-17(19)14-5-3-2-4-6-14/h2-8,11,17-20H,9-10,12H2,1H3. The molecule has 0 saturated heterocycles. The monoisotopic (exact) mass is 263 g/mol. The van der Waals surface area contributed by atoms with Crippen molar-refractivity contribution in [1.82, 2.24) is 5.32 Å². The maximum absolute atomic E-state index is 3.88. The average molecular weight is 263 g/mol. The fourth-order valence-corrected chi connectivity index (χ4v) is 3.60. The Morgan fingerprint density at radius 1 is 1.05 bits per heavy atom. The molecule has 3 unspecified atom stereocenters. The molecule has 1 nitrogen and oxygen atoms in total. The van der Waals surface area contributed by atoms with Gasteiger partial charge >= 0.3 is 0 Å². The molecule has 0 bridgehead atoms. The lowest BCUT2D eigenvalue weighted by molar-refractivity contribution is 0.521. The first-order valence-electron chi connectivity index (χ1n) is 7.72. The van der Waals surface area contributed by atoms with Crippen LogP contribution in [0.5, 0.6) is 0 Å². The Kier molecular flexibility index (Phi) is 2.89. The van der Waals surface area contributed by atoms with Gasteiger partial charge in [-0.15, -0.1) is 0 Å². The van der Waals surface area contributed by atoms with Gasteiger partial charge in [0.05, 0.1) is 0 Å². The summed E-state index contributed by atoms with van der Waals surface area (Å²) < 4.78 is 0. The maximum atomic E-state index is 3.88. The van der Waals surface area contributed by atoms with Gasteiger partial charge in [0.15, 0.2) is 0 Å². The molecular weight excluding hydrogens is 242 g/mol. The zero-order valence-electron chi connectivity index (χ0n) is 12.0. The summed E-state index contributed by atoms with van der Waals surface area (Å²) >= 11 is 0. The molecule has 0 aromatic heterocycles. The van der Waals surface area contributed by atoms with Gasteiger partial charge in [-0.2, -0.15) is 0 Å². The van der Waals surface area contributed by atoms with Crippen LogP contribution in [0.15, 0.2) is 48.5 Å². The third kappa shape index (κ3) is 2.16. The van der Waals surface area contributed by atoms with E-state index in [2.05, 4.69) is 60.8 Å². The van der Waals surface area contributed by atoms with Crippen molar-refractivity contribution in [2.75, 3.05) is 0 Å². The predicted octanol–water partition coefficient (Wildman–Crippen LogP) is 4.13. The normalized spacial score (nSPS) is 27.4. The Hall–Kier alpha value is -1.60. The van der Waals surface area contributed by atoms with Gasteiger partial charge in [-0.1, -0.05) is 54.1 Å². The van der Waals surface area contributed by atoms with Gasteiger partial charge in [-0.05, 0) is 42.9 Å². The van der Waals surface area contributed by atoms with E-state index in [0.29, 0.717) is 12.1 Å². The quantitative estimate of drug-likeness (QED) is 0.878. The van der Waals surface area contributed by atoms with E-state index in [1.807, 2.05) is 0 Å². The molecule has 2 aromatic carbocycles. The Morgan fingerprint density at radius 2 is 1.90 bits per heavy atom. The number of hydrogen-bond acceptors (Lipinski definition) is 1. The predicted molar refractivity (Wildman–Crippen MR) is 83.0 cm³/mol. The molecular formula is C19H21N. The highest BCUT2D eigenvalue weighted by molar-refractivity contribution is 5.38. The van der Waals surface area contributed by atoms with E-state index >= 15 is 0 Å². The van der Waals surface area contributed by atoms with Gasteiger partial charge < -0.3 is 5.32 Å². The number of benzene rings is 2. The van der Waals surface area contributed by atoms with Crippen LogP contribution in [0.25, 0.3) is 0 Å². The lowest BCUT2D eigenvalue weighted by atomic mass is 10.0. The van der Waals surface area contributed by atoms with E-state index in [9.17, 15) is 0 Å². The van der Waals surface area contributed by atoms with E-state index in [0.717, 1.165) is 5.92 Å². The first-order chi connectivity index (χ1) is 9.81. The smallest absolute Gasteiger partial charge is 0.0328 e. The third-order valence-electron chi connectivity index (χ3n) is 4.81. The van der Waals surface area contributed by atoms with Gasteiger partial charge in [0.1, 0.15) is 0 Å². The van der Waals surface area contributed by atoms with Gasteiger partial charge in [-0.3, -0.25) is 0 Å². The average Bonchev–Trinajstić information content (AvgIpc) is 3.14. The molecule has 2 aliphatic rings. The van der Waals surface area contributed by atoms with Crippen LogP contribution in [0, 0.1) is 6.92 Å². The first kappa shape index (κ1) is 12.2. The molecule has 1 saturated carbocycles. The molecule has 0 heterocycles. The molecule has 20 heavy (non-hydrogen) atoms. The number of hydrogen-bond donors (Lipinski definition) is 1. The van der Waals surface area contributed by atoms with Crippen molar-refractivity contribution in [3.05, 3.63) is 70.8 Å². The lowest BCUT2D eigenvalue weighted by Gasteiger charge is -2.14. The van der Waals surface area contributed by atoms with Crippen molar-refractivity contribution in [1.29, 1.82) is 0 Å². The maximum Gasteiger partial charge on any atom is 0.0328 e. The molecule has 102 valence electrons. The summed E-state index contributed by atoms with van der Waals surface area (Å²) in [6.45, 7) is 2.19. The molecule has 0 aliphatic heterocycles.